The van der Waals surface area contributed by atoms with Crippen LogP contribution in [0.15, 0.2) is 29.1 Å². The monoisotopic (exact) mass is 282 g/mol. The molecule has 2 aromatic rings. The fraction of sp³-hybridized carbons (Fsp3) is 0.167. The number of anilines is 1. The lowest BCUT2D eigenvalue weighted by molar-refractivity contribution is 0.0996. The summed E-state index contributed by atoms with van der Waals surface area (Å²) in [5.74, 6) is 0.491. The minimum Gasteiger partial charge on any atom is -0.495 e. The summed E-state index contributed by atoms with van der Waals surface area (Å²) in [6, 6.07) is 3.12. The van der Waals surface area contributed by atoms with Gasteiger partial charge in [0.2, 0.25) is 5.76 Å². The fourth-order valence-corrected chi connectivity index (χ4v) is 1.70. The van der Waals surface area contributed by atoms with Crippen molar-refractivity contribution < 1.29 is 18.7 Å². The molecule has 0 bridgehead atoms. The standard InChI is InChI=1S/C12H11ClN2O4/c1-17-9-4-8(10(18-2)3-7(9)13)15-12(16)11-5-14-6-19-11/h3-6H,1-2H3,(H,15,16). The third kappa shape index (κ3) is 2.79. The summed E-state index contributed by atoms with van der Waals surface area (Å²) in [6.45, 7) is 0. The third-order valence-corrected chi connectivity index (χ3v) is 2.67. The van der Waals surface area contributed by atoms with Crippen molar-refractivity contribution in [1.29, 1.82) is 0 Å². The lowest BCUT2D eigenvalue weighted by atomic mass is 10.2. The van der Waals surface area contributed by atoms with Gasteiger partial charge in [0.25, 0.3) is 5.91 Å². The smallest absolute Gasteiger partial charge is 0.293 e. The molecule has 1 heterocycles. The van der Waals surface area contributed by atoms with E-state index >= 15 is 0 Å². The number of amides is 1. The second-order valence-corrected chi connectivity index (χ2v) is 3.91. The van der Waals surface area contributed by atoms with Crippen LogP contribution in [-0.2, 0) is 0 Å². The first kappa shape index (κ1) is 13.2. The van der Waals surface area contributed by atoms with Crippen molar-refractivity contribution in [1.82, 2.24) is 4.98 Å². The Hall–Kier alpha value is -2.21. The number of carbonyl (C=O) groups is 1. The highest BCUT2D eigenvalue weighted by Gasteiger charge is 2.15. The molecule has 0 aliphatic heterocycles. The highest BCUT2D eigenvalue weighted by molar-refractivity contribution is 6.32. The Morgan fingerprint density at radius 2 is 2.05 bits per heavy atom. The second kappa shape index (κ2) is 5.62. The average Bonchev–Trinajstić information content (AvgIpc) is 2.94. The highest BCUT2D eigenvalue weighted by atomic mass is 35.5. The molecule has 2 rings (SSSR count). The predicted octanol–water partition coefficient (Wildman–Crippen LogP) is 2.60. The van der Waals surface area contributed by atoms with Crippen LogP contribution in [0.3, 0.4) is 0 Å². The molecule has 7 heteroatoms. The van der Waals surface area contributed by atoms with E-state index in [4.69, 9.17) is 25.5 Å². The number of aromatic nitrogens is 1. The molecule has 0 aliphatic rings. The third-order valence-electron chi connectivity index (χ3n) is 2.38. The lowest BCUT2D eigenvalue weighted by Gasteiger charge is -2.12. The number of nitrogens with zero attached hydrogens (tertiary/aromatic N) is 1. The summed E-state index contributed by atoms with van der Waals surface area (Å²) in [6.07, 6.45) is 2.49. The van der Waals surface area contributed by atoms with Crippen LogP contribution >= 0.6 is 11.6 Å². The quantitative estimate of drug-likeness (QED) is 0.933. The van der Waals surface area contributed by atoms with E-state index in [-0.39, 0.29) is 5.76 Å². The Labute approximate surface area is 114 Å². The van der Waals surface area contributed by atoms with Gasteiger partial charge in [-0.25, -0.2) is 4.98 Å². The maximum absolute atomic E-state index is 11.9. The van der Waals surface area contributed by atoms with Gasteiger partial charge in [-0.2, -0.15) is 0 Å². The van der Waals surface area contributed by atoms with E-state index in [1.54, 1.807) is 12.1 Å². The minimum absolute atomic E-state index is 0.0935. The zero-order valence-electron chi connectivity index (χ0n) is 10.3. The number of benzene rings is 1. The van der Waals surface area contributed by atoms with Crippen LogP contribution in [0.1, 0.15) is 10.6 Å². The zero-order valence-corrected chi connectivity index (χ0v) is 11.0. The average molecular weight is 283 g/mol. The van der Waals surface area contributed by atoms with Crippen molar-refractivity contribution in [2.45, 2.75) is 0 Å². The van der Waals surface area contributed by atoms with Crippen LogP contribution < -0.4 is 14.8 Å². The largest absolute Gasteiger partial charge is 0.495 e. The van der Waals surface area contributed by atoms with Gasteiger partial charge in [-0.05, 0) is 0 Å². The van der Waals surface area contributed by atoms with Crippen molar-refractivity contribution >= 4 is 23.2 Å². The first-order chi connectivity index (χ1) is 9.15. The van der Waals surface area contributed by atoms with Crippen LogP contribution in [0.4, 0.5) is 5.69 Å². The number of hydrogen-bond acceptors (Lipinski definition) is 5. The van der Waals surface area contributed by atoms with Crippen molar-refractivity contribution in [2.24, 2.45) is 0 Å². The molecule has 0 aliphatic carbocycles. The number of nitrogens with one attached hydrogen (secondary N) is 1. The topological polar surface area (TPSA) is 73.6 Å². The summed E-state index contributed by atoms with van der Waals surface area (Å²) < 4.78 is 15.1. The molecular weight excluding hydrogens is 272 g/mol. The summed E-state index contributed by atoms with van der Waals surface area (Å²) in [7, 11) is 2.96. The molecule has 0 spiro atoms. The van der Waals surface area contributed by atoms with Gasteiger partial charge in [0, 0.05) is 12.1 Å². The predicted molar refractivity (Wildman–Crippen MR) is 69.0 cm³/mol. The number of methoxy groups -OCH3 is 2. The van der Waals surface area contributed by atoms with Gasteiger partial charge in [-0.15, -0.1) is 0 Å². The molecule has 6 nitrogen and oxygen atoms in total. The number of carbonyl (C=O) groups excluding carboxylic acids is 1. The number of ether oxygens (including phenoxy) is 2. The van der Waals surface area contributed by atoms with Gasteiger partial charge in [0.05, 0.1) is 31.1 Å². The van der Waals surface area contributed by atoms with Crippen molar-refractivity contribution in [3.8, 4) is 11.5 Å². The van der Waals surface area contributed by atoms with Crippen LogP contribution in [0.2, 0.25) is 5.02 Å². The van der Waals surface area contributed by atoms with Gasteiger partial charge in [0.15, 0.2) is 6.39 Å². The number of oxazole rings is 1. The molecule has 1 aromatic heterocycles. The molecule has 0 unspecified atom stereocenters. The molecule has 0 atom stereocenters. The van der Waals surface area contributed by atoms with Gasteiger partial charge in [-0.3, -0.25) is 4.79 Å². The van der Waals surface area contributed by atoms with E-state index in [1.165, 1.54) is 26.8 Å². The number of rotatable bonds is 4. The molecule has 1 N–H and O–H groups in total. The highest BCUT2D eigenvalue weighted by Crippen LogP contribution is 2.35. The Kier molecular flexibility index (Phi) is 3.91. The van der Waals surface area contributed by atoms with Gasteiger partial charge >= 0.3 is 0 Å². The van der Waals surface area contributed by atoms with Crippen LogP contribution in [0, 0.1) is 0 Å². The van der Waals surface area contributed by atoms with Gasteiger partial charge in [-0.1, -0.05) is 11.6 Å². The zero-order chi connectivity index (χ0) is 13.8. The first-order valence-corrected chi connectivity index (χ1v) is 5.65. The van der Waals surface area contributed by atoms with Crippen LogP contribution in [0.25, 0.3) is 0 Å². The Morgan fingerprint density at radius 1 is 1.32 bits per heavy atom. The minimum atomic E-state index is -0.444. The number of halogens is 1. The Morgan fingerprint density at radius 3 is 2.63 bits per heavy atom. The normalized spacial score (nSPS) is 10.1. The van der Waals surface area contributed by atoms with E-state index in [1.807, 2.05) is 0 Å². The number of hydrogen-bond donors (Lipinski definition) is 1. The molecule has 0 fully saturated rings. The maximum Gasteiger partial charge on any atom is 0.293 e. The van der Waals surface area contributed by atoms with Crippen LogP contribution in [0.5, 0.6) is 11.5 Å². The van der Waals surface area contributed by atoms with Crippen molar-refractivity contribution in [3.63, 3.8) is 0 Å². The second-order valence-electron chi connectivity index (χ2n) is 3.51. The van der Waals surface area contributed by atoms with E-state index in [0.717, 1.165) is 0 Å². The summed E-state index contributed by atoms with van der Waals surface area (Å²) in [5, 5.41) is 3.02. The van der Waals surface area contributed by atoms with Gasteiger partial charge < -0.3 is 19.2 Å². The van der Waals surface area contributed by atoms with E-state index < -0.39 is 5.91 Å². The molecule has 0 saturated carbocycles. The van der Waals surface area contributed by atoms with E-state index in [9.17, 15) is 4.79 Å². The first-order valence-electron chi connectivity index (χ1n) is 5.27. The van der Waals surface area contributed by atoms with Crippen LogP contribution in [-0.4, -0.2) is 25.1 Å². The molecule has 0 radical (unpaired) electrons. The molecule has 19 heavy (non-hydrogen) atoms. The maximum atomic E-state index is 11.9. The Balaban J connectivity index is 2.31. The summed E-state index contributed by atoms with van der Waals surface area (Å²) >= 11 is 5.97. The van der Waals surface area contributed by atoms with Gasteiger partial charge in [0.1, 0.15) is 11.5 Å². The summed E-state index contributed by atoms with van der Waals surface area (Å²) in [4.78, 5) is 15.5. The summed E-state index contributed by atoms with van der Waals surface area (Å²) in [5.41, 5.74) is 0.421. The van der Waals surface area contributed by atoms with Crippen molar-refractivity contribution in [3.05, 3.63) is 35.5 Å². The molecule has 1 amide bonds. The van der Waals surface area contributed by atoms with E-state index in [0.29, 0.717) is 22.2 Å². The molecule has 100 valence electrons. The Bertz CT molecular complexity index is 584. The fourth-order valence-electron chi connectivity index (χ4n) is 1.47. The SMILES string of the molecule is COc1cc(NC(=O)c2cnco2)c(OC)cc1Cl. The van der Waals surface area contributed by atoms with Crippen molar-refractivity contribution in [2.75, 3.05) is 19.5 Å². The van der Waals surface area contributed by atoms with E-state index in [2.05, 4.69) is 10.3 Å². The molecular formula is C12H11ClN2O4. The lowest BCUT2D eigenvalue weighted by Crippen LogP contribution is -2.12. The molecule has 0 saturated heterocycles. The molecule has 1 aromatic carbocycles.